The number of hydrogen-bond donors (Lipinski definition) is 3. The first-order chi connectivity index (χ1) is 13.1. The van der Waals surface area contributed by atoms with Gasteiger partial charge in [0, 0.05) is 39.6 Å². The highest BCUT2D eigenvalue weighted by Crippen LogP contribution is 2.36. The van der Waals surface area contributed by atoms with E-state index in [0.717, 1.165) is 33.4 Å². The zero-order valence-electron chi connectivity index (χ0n) is 14.6. The van der Waals surface area contributed by atoms with Crippen molar-refractivity contribution in [3.63, 3.8) is 0 Å². The number of halogens is 1. The van der Waals surface area contributed by atoms with Gasteiger partial charge in [-0.3, -0.25) is 4.98 Å². The Morgan fingerprint density at radius 2 is 1.96 bits per heavy atom. The van der Waals surface area contributed by atoms with Crippen LogP contribution in [0.1, 0.15) is 5.56 Å². The standard InChI is InChI=1S/C21H17ClN4O/c1-13-4-2-6-16(10-13)24-21(27)26-20-17-11-15(22)7-8-18(17)25-19(20)14-5-3-9-23-12-14/h2-12,25H,1H3,(H2,24,26,27). The first-order valence-electron chi connectivity index (χ1n) is 8.46. The Bertz CT molecular complexity index is 1120. The van der Waals surface area contributed by atoms with E-state index < -0.39 is 0 Å². The van der Waals surface area contributed by atoms with Crippen molar-refractivity contribution in [2.75, 3.05) is 10.6 Å². The third-order valence-corrected chi connectivity index (χ3v) is 4.46. The van der Waals surface area contributed by atoms with Gasteiger partial charge < -0.3 is 15.6 Å². The van der Waals surface area contributed by atoms with Crippen LogP contribution in [0.25, 0.3) is 22.2 Å². The van der Waals surface area contributed by atoms with E-state index in [9.17, 15) is 4.79 Å². The topological polar surface area (TPSA) is 69.8 Å². The van der Waals surface area contributed by atoms with Crippen LogP contribution >= 0.6 is 11.6 Å². The Hall–Kier alpha value is -3.31. The molecule has 2 aromatic heterocycles. The molecule has 134 valence electrons. The Labute approximate surface area is 161 Å². The molecule has 2 heterocycles. The summed E-state index contributed by atoms with van der Waals surface area (Å²) < 4.78 is 0. The summed E-state index contributed by atoms with van der Waals surface area (Å²) in [5, 5.41) is 7.26. The number of urea groups is 1. The molecule has 5 nitrogen and oxygen atoms in total. The SMILES string of the molecule is Cc1cccc(NC(=O)Nc2c(-c3cccnc3)[nH]c3ccc(Cl)cc23)c1. The third-order valence-electron chi connectivity index (χ3n) is 4.23. The number of carbonyl (C=O) groups excluding carboxylic acids is 1. The molecule has 0 saturated heterocycles. The van der Waals surface area contributed by atoms with Gasteiger partial charge in [-0.25, -0.2) is 4.79 Å². The summed E-state index contributed by atoms with van der Waals surface area (Å²) in [4.78, 5) is 20.1. The smallest absolute Gasteiger partial charge is 0.323 e. The molecule has 0 aliphatic carbocycles. The lowest BCUT2D eigenvalue weighted by Crippen LogP contribution is -2.19. The highest BCUT2D eigenvalue weighted by Gasteiger charge is 2.16. The molecule has 0 atom stereocenters. The number of hydrogen-bond acceptors (Lipinski definition) is 2. The van der Waals surface area contributed by atoms with E-state index in [1.807, 2.05) is 61.5 Å². The molecular weight excluding hydrogens is 360 g/mol. The van der Waals surface area contributed by atoms with Crippen LogP contribution in [0.15, 0.2) is 67.0 Å². The minimum Gasteiger partial charge on any atom is -0.353 e. The highest BCUT2D eigenvalue weighted by atomic mass is 35.5. The second-order valence-electron chi connectivity index (χ2n) is 6.26. The lowest BCUT2D eigenvalue weighted by Gasteiger charge is -2.10. The van der Waals surface area contributed by atoms with E-state index in [2.05, 4.69) is 20.6 Å². The largest absolute Gasteiger partial charge is 0.353 e. The molecule has 4 rings (SSSR count). The van der Waals surface area contributed by atoms with Gasteiger partial charge in [-0.15, -0.1) is 0 Å². The Kier molecular flexibility index (Phi) is 4.52. The van der Waals surface area contributed by atoms with Crippen molar-refractivity contribution < 1.29 is 4.79 Å². The molecule has 27 heavy (non-hydrogen) atoms. The zero-order valence-corrected chi connectivity index (χ0v) is 15.3. The fourth-order valence-corrected chi connectivity index (χ4v) is 3.19. The van der Waals surface area contributed by atoms with Crippen molar-refractivity contribution in [3.05, 3.63) is 77.6 Å². The normalized spacial score (nSPS) is 10.7. The van der Waals surface area contributed by atoms with Gasteiger partial charge in [-0.05, 0) is 55.0 Å². The fourth-order valence-electron chi connectivity index (χ4n) is 3.02. The quantitative estimate of drug-likeness (QED) is 0.420. The van der Waals surface area contributed by atoms with E-state index in [1.54, 1.807) is 12.4 Å². The molecule has 6 heteroatoms. The molecule has 0 bridgehead atoms. The van der Waals surface area contributed by atoms with Gasteiger partial charge >= 0.3 is 6.03 Å². The van der Waals surface area contributed by atoms with Crippen LogP contribution in [-0.2, 0) is 0 Å². The van der Waals surface area contributed by atoms with E-state index >= 15 is 0 Å². The van der Waals surface area contributed by atoms with Crippen LogP contribution in [0, 0.1) is 6.92 Å². The van der Waals surface area contributed by atoms with E-state index in [1.165, 1.54) is 0 Å². The number of H-pyrrole nitrogens is 1. The van der Waals surface area contributed by atoms with Gasteiger partial charge in [0.15, 0.2) is 0 Å². The van der Waals surface area contributed by atoms with Crippen molar-refractivity contribution in [1.29, 1.82) is 0 Å². The number of fused-ring (bicyclic) bond motifs is 1. The lowest BCUT2D eigenvalue weighted by atomic mass is 10.1. The number of amides is 2. The number of aryl methyl sites for hydroxylation is 1. The van der Waals surface area contributed by atoms with Gasteiger partial charge in [-0.2, -0.15) is 0 Å². The Morgan fingerprint density at radius 3 is 2.74 bits per heavy atom. The summed E-state index contributed by atoms with van der Waals surface area (Å²) in [5.41, 5.74) is 4.99. The summed E-state index contributed by atoms with van der Waals surface area (Å²) in [5.74, 6) is 0. The van der Waals surface area contributed by atoms with Crippen molar-refractivity contribution in [2.45, 2.75) is 6.92 Å². The molecular formula is C21H17ClN4O. The number of rotatable bonds is 3. The second kappa shape index (κ2) is 7.13. The van der Waals surface area contributed by atoms with E-state index in [0.29, 0.717) is 10.7 Å². The monoisotopic (exact) mass is 376 g/mol. The first kappa shape index (κ1) is 17.1. The number of nitrogens with zero attached hydrogens (tertiary/aromatic N) is 1. The number of anilines is 2. The maximum atomic E-state index is 12.6. The number of benzene rings is 2. The summed E-state index contributed by atoms with van der Waals surface area (Å²) in [6.07, 6.45) is 3.45. The average molecular weight is 377 g/mol. The fraction of sp³-hybridized carbons (Fsp3) is 0.0476. The first-order valence-corrected chi connectivity index (χ1v) is 8.84. The van der Waals surface area contributed by atoms with Gasteiger partial charge in [0.1, 0.15) is 0 Å². The number of aromatic nitrogens is 2. The molecule has 0 aliphatic rings. The van der Waals surface area contributed by atoms with Crippen molar-refractivity contribution in [1.82, 2.24) is 9.97 Å². The molecule has 3 N–H and O–H groups in total. The number of carbonyl (C=O) groups is 1. The van der Waals surface area contributed by atoms with Crippen LogP contribution in [0.4, 0.5) is 16.2 Å². The summed E-state index contributed by atoms with van der Waals surface area (Å²) in [6, 6.07) is 16.6. The van der Waals surface area contributed by atoms with Gasteiger partial charge in [0.2, 0.25) is 0 Å². The van der Waals surface area contributed by atoms with Crippen LogP contribution in [-0.4, -0.2) is 16.0 Å². The molecule has 0 unspecified atom stereocenters. The molecule has 0 radical (unpaired) electrons. The number of aromatic amines is 1. The molecule has 2 amide bonds. The maximum Gasteiger partial charge on any atom is 0.323 e. The maximum absolute atomic E-state index is 12.6. The van der Waals surface area contributed by atoms with E-state index in [-0.39, 0.29) is 6.03 Å². The summed E-state index contributed by atoms with van der Waals surface area (Å²) in [7, 11) is 0. The van der Waals surface area contributed by atoms with Gasteiger partial charge in [-0.1, -0.05) is 23.7 Å². The number of pyridine rings is 1. The van der Waals surface area contributed by atoms with Gasteiger partial charge in [0.25, 0.3) is 0 Å². The molecule has 0 spiro atoms. The van der Waals surface area contributed by atoms with Gasteiger partial charge in [0.05, 0.1) is 11.4 Å². The van der Waals surface area contributed by atoms with Crippen LogP contribution in [0.5, 0.6) is 0 Å². The summed E-state index contributed by atoms with van der Waals surface area (Å²) >= 11 is 6.18. The minimum atomic E-state index is -0.327. The van der Waals surface area contributed by atoms with Crippen LogP contribution in [0.3, 0.4) is 0 Å². The number of nitrogens with one attached hydrogen (secondary N) is 3. The van der Waals surface area contributed by atoms with Crippen molar-refractivity contribution in [3.8, 4) is 11.3 Å². The molecule has 0 saturated carbocycles. The third kappa shape index (κ3) is 3.64. The predicted octanol–water partition coefficient (Wildman–Crippen LogP) is 5.84. The molecule has 0 aliphatic heterocycles. The molecule has 4 aromatic rings. The van der Waals surface area contributed by atoms with E-state index in [4.69, 9.17) is 11.6 Å². The van der Waals surface area contributed by atoms with Crippen LogP contribution < -0.4 is 10.6 Å². The second-order valence-corrected chi connectivity index (χ2v) is 6.69. The molecule has 2 aromatic carbocycles. The zero-order chi connectivity index (χ0) is 18.8. The van der Waals surface area contributed by atoms with Crippen LogP contribution in [0.2, 0.25) is 5.02 Å². The minimum absolute atomic E-state index is 0.327. The average Bonchev–Trinajstić information content (AvgIpc) is 3.00. The molecule has 0 fully saturated rings. The highest BCUT2D eigenvalue weighted by molar-refractivity contribution is 6.31. The Morgan fingerprint density at radius 1 is 1.07 bits per heavy atom. The Balaban J connectivity index is 1.73. The lowest BCUT2D eigenvalue weighted by molar-refractivity contribution is 0.262. The summed E-state index contributed by atoms with van der Waals surface area (Å²) in [6.45, 7) is 1.98. The van der Waals surface area contributed by atoms with Crippen molar-refractivity contribution in [2.24, 2.45) is 0 Å². The predicted molar refractivity (Wildman–Crippen MR) is 110 cm³/mol. The van der Waals surface area contributed by atoms with Crippen molar-refractivity contribution >= 4 is 39.9 Å².